The standard InChI is InChI=1S/C6H6N4/c7-1-5(2-8)6(3-9)4-10/h1,3,5-7,9H. The maximum Gasteiger partial charge on any atom is 0.102 e. The Bertz CT molecular complexity index is 183. The normalized spacial score (nSPS) is 13.8. The lowest BCUT2D eigenvalue weighted by Crippen LogP contribution is -2.12. The number of hydrogen-bond acceptors (Lipinski definition) is 4. The van der Waals surface area contributed by atoms with Crippen LogP contribution in [0.4, 0.5) is 0 Å². The summed E-state index contributed by atoms with van der Waals surface area (Å²) in [5.41, 5.74) is 0. The Labute approximate surface area is 58.7 Å². The quantitative estimate of drug-likeness (QED) is 0.551. The summed E-state index contributed by atoms with van der Waals surface area (Å²) in [6.45, 7) is 0. The second kappa shape index (κ2) is 4.22. The van der Waals surface area contributed by atoms with Gasteiger partial charge < -0.3 is 10.8 Å². The van der Waals surface area contributed by atoms with Gasteiger partial charge >= 0.3 is 0 Å². The molecule has 0 aliphatic carbocycles. The van der Waals surface area contributed by atoms with Gasteiger partial charge in [-0.25, -0.2) is 0 Å². The van der Waals surface area contributed by atoms with E-state index in [1.165, 1.54) is 0 Å². The number of nitrogens with one attached hydrogen (secondary N) is 2. The Morgan fingerprint density at radius 1 is 1.00 bits per heavy atom. The van der Waals surface area contributed by atoms with Crippen molar-refractivity contribution >= 4 is 12.4 Å². The highest BCUT2D eigenvalue weighted by molar-refractivity contribution is 5.72. The minimum absolute atomic E-state index is 0.775. The predicted octanol–water partition coefficient (Wildman–Crippen LogP) is 0.565. The summed E-state index contributed by atoms with van der Waals surface area (Å²) in [5, 5.41) is 30.0. The first-order valence-electron chi connectivity index (χ1n) is 2.60. The predicted molar refractivity (Wildman–Crippen MR) is 35.8 cm³/mol. The molecule has 0 aliphatic rings. The van der Waals surface area contributed by atoms with Gasteiger partial charge in [0.15, 0.2) is 0 Å². The van der Waals surface area contributed by atoms with Crippen molar-refractivity contribution in [1.82, 2.24) is 0 Å². The number of nitriles is 2. The van der Waals surface area contributed by atoms with Crippen LogP contribution in [0.2, 0.25) is 0 Å². The van der Waals surface area contributed by atoms with Crippen LogP contribution in [0.25, 0.3) is 0 Å². The maximum absolute atomic E-state index is 8.30. The molecule has 50 valence electrons. The van der Waals surface area contributed by atoms with Crippen molar-refractivity contribution in [1.29, 1.82) is 21.3 Å². The lowest BCUT2D eigenvalue weighted by atomic mass is 9.98. The van der Waals surface area contributed by atoms with Crippen LogP contribution < -0.4 is 0 Å². The molecule has 0 saturated heterocycles. The third-order valence-electron chi connectivity index (χ3n) is 1.04. The van der Waals surface area contributed by atoms with Crippen molar-refractivity contribution in [3.8, 4) is 12.1 Å². The number of rotatable bonds is 3. The van der Waals surface area contributed by atoms with E-state index in [0.717, 1.165) is 12.4 Å². The van der Waals surface area contributed by atoms with Gasteiger partial charge in [0.25, 0.3) is 0 Å². The zero-order valence-corrected chi connectivity index (χ0v) is 5.20. The van der Waals surface area contributed by atoms with Crippen LogP contribution in [-0.4, -0.2) is 12.4 Å². The Balaban J connectivity index is 4.30. The summed E-state index contributed by atoms with van der Waals surface area (Å²) in [7, 11) is 0. The molecule has 0 aromatic carbocycles. The Morgan fingerprint density at radius 3 is 1.40 bits per heavy atom. The van der Waals surface area contributed by atoms with Crippen LogP contribution in [0.15, 0.2) is 0 Å². The monoisotopic (exact) mass is 134 g/mol. The number of nitrogens with zero attached hydrogens (tertiary/aromatic N) is 2. The van der Waals surface area contributed by atoms with Gasteiger partial charge in [-0.3, -0.25) is 0 Å². The smallest absolute Gasteiger partial charge is 0.102 e. The van der Waals surface area contributed by atoms with Gasteiger partial charge in [0.05, 0.1) is 12.1 Å². The van der Waals surface area contributed by atoms with Gasteiger partial charge in [-0.1, -0.05) is 0 Å². The van der Waals surface area contributed by atoms with E-state index in [2.05, 4.69) is 0 Å². The molecule has 2 unspecified atom stereocenters. The fourth-order valence-corrected chi connectivity index (χ4v) is 0.442. The van der Waals surface area contributed by atoms with E-state index in [1.807, 2.05) is 0 Å². The van der Waals surface area contributed by atoms with Crippen molar-refractivity contribution in [2.75, 3.05) is 0 Å². The highest BCUT2D eigenvalue weighted by Crippen LogP contribution is 2.03. The average molecular weight is 134 g/mol. The first-order chi connectivity index (χ1) is 4.79. The zero-order chi connectivity index (χ0) is 7.98. The summed E-state index contributed by atoms with van der Waals surface area (Å²) in [6.07, 6.45) is 1.75. The summed E-state index contributed by atoms with van der Waals surface area (Å²) in [4.78, 5) is 0. The highest BCUT2D eigenvalue weighted by atomic mass is 14.4. The molecule has 0 radical (unpaired) electrons. The second-order valence-corrected chi connectivity index (χ2v) is 1.64. The Hall–Kier alpha value is -1.68. The SMILES string of the molecule is N#CC(C=N)C(C#N)C=N. The van der Waals surface area contributed by atoms with Crippen LogP contribution in [0.5, 0.6) is 0 Å². The topological polar surface area (TPSA) is 95.3 Å². The minimum Gasteiger partial charge on any atom is -0.312 e. The van der Waals surface area contributed by atoms with E-state index >= 15 is 0 Å². The molecule has 0 rings (SSSR count). The summed E-state index contributed by atoms with van der Waals surface area (Å²) in [5.74, 6) is -1.55. The van der Waals surface area contributed by atoms with Crippen LogP contribution in [0, 0.1) is 45.3 Å². The van der Waals surface area contributed by atoms with Crippen LogP contribution >= 0.6 is 0 Å². The molecule has 4 nitrogen and oxygen atoms in total. The molecule has 0 aliphatic heterocycles. The van der Waals surface area contributed by atoms with Gasteiger partial charge in [-0.2, -0.15) is 10.5 Å². The van der Waals surface area contributed by atoms with Gasteiger partial charge in [-0.15, -0.1) is 0 Å². The molecule has 0 spiro atoms. The van der Waals surface area contributed by atoms with Crippen LogP contribution in [0.1, 0.15) is 0 Å². The lowest BCUT2D eigenvalue weighted by molar-refractivity contribution is 0.797. The molecule has 0 heterocycles. The lowest BCUT2D eigenvalue weighted by Gasteiger charge is -2.00. The first kappa shape index (κ1) is 8.32. The van der Waals surface area contributed by atoms with E-state index < -0.39 is 11.8 Å². The maximum atomic E-state index is 8.30. The summed E-state index contributed by atoms with van der Waals surface area (Å²) in [6, 6.07) is 3.47. The summed E-state index contributed by atoms with van der Waals surface area (Å²) < 4.78 is 0. The molecular formula is C6H6N4. The molecule has 0 saturated carbocycles. The third kappa shape index (κ3) is 1.68. The third-order valence-corrected chi connectivity index (χ3v) is 1.04. The van der Waals surface area contributed by atoms with E-state index in [9.17, 15) is 0 Å². The van der Waals surface area contributed by atoms with E-state index in [-0.39, 0.29) is 0 Å². The second-order valence-electron chi connectivity index (χ2n) is 1.64. The fourth-order valence-electron chi connectivity index (χ4n) is 0.442. The van der Waals surface area contributed by atoms with Crippen LogP contribution in [-0.2, 0) is 0 Å². The molecule has 0 bridgehead atoms. The van der Waals surface area contributed by atoms with Gasteiger partial charge in [0.1, 0.15) is 11.8 Å². The molecule has 0 aromatic rings. The van der Waals surface area contributed by atoms with E-state index in [0.29, 0.717) is 0 Å². The van der Waals surface area contributed by atoms with Gasteiger partial charge in [0.2, 0.25) is 0 Å². The molecule has 0 fully saturated rings. The van der Waals surface area contributed by atoms with Crippen molar-refractivity contribution in [2.24, 2.45) is 11.8 Å². The molecule has 10 heavy (non-hydrogen) atoms. The molecular weight excluding hydrogens is 128 g/mol. The van der Waals surface area contributed by atoms with Crippen molar-refractivity contribution in [2.45, 2.75) is 0 Å². The molecule has 2 atom stereocenters. The van der Waals surface area contributed by atoms with Gasteiger partial charge in [-0.05, 0) is 0 Å². The highest BCUT2D eigenvalue weighted by Gasteiger charge is 2.14. The largest absolute Gasteiger partial charge is 0.312 e. The Kier molecular flexibility index (Phi) is 3.51. The molecule has 0 amide bonds. The van der Waals surface area contributed by atoms with Crippen molar-refractivity contribution < 1.29 is 0 Å². The van der Waals surface area contributed by atoms with Gasteiger partial charge in [0, 0.05) is 12.4 Å². The van der Waals surface area contributed by atoms with E-state index in [4.69, 9.17) is 21.3 Å². The molecule has 4 heteroatoms. The van der Waals surface area contributed by atoms with E-state index in [1.54, 1.807) is 12.1 Å². The Morgan fingerprint density at radius 2 is 1.30 bits per heavy atom. The summed E-state index contributed by atoms with van der Waals surface area (Å²) >= 11 is 0. The molecule has 0 aromatic heterocycles. The van der Waals surface area contributed by atoms with Crippen molar-refractivity contribution in [3.63, 3.8) is 0 Å². The first-order valence-corrected chi connectivity index (χ1v) is 2.60. The van der Waals surface area contributed by atoms with Crippen molar-refractivity contribution in [3.05, 3.63) is 0 Å². The van der Waals surface area contributed by atoms with Crippen LogP contribution in [0.3, 0.4) is 0 Å². The minimum atomic E-state index is -0.775. The fraction of sp³-hybridized carbons (Fsp3) is 0.333. The number of hydrogen-bond donors (Lipinski definition) is 2. The molecule has 2 N–H and O–H groups in total. The average Bonchev–Trinajstić information content (AvgIpc) is 2.00. The zero-order valence-electron chi connectivity index (χ0n) is 5.20.